The van der Waals surface area contributed by atoms with E-state index in [0.29, 0.717) is 24.6 Å². The van der Waals surface area contributed by atoms with E-state index >= 15 is 0 Å². The third kappa shape index (κ3) is 4.61. The van der Waals surface area contributed by atoms with Crippen molar-refractivity contribution in [2.24, 2.45) is 0 Å². The molecule has 12 heteroatoms. The Kier molecular flexibility index (Phi) is 6.82. The molecule has 2 aromatic heterocycles. The molecule has 11 nitrogen and oxygen atoms in total. The van der Waals surface area contributed by atoms with Crippen molar-refractivity contribution in [2.45, 2.75) is 25.7 Å². The highest BCUT2D eigenvalue weighted by Crippen LogP contribution is 2.31. The molecule has 1 amide bonds. The van der Waals surface area contributed by atoms with E-state index in [1.165, 1.54) is 14.9 Å². The highest BCUT2D eigenvalue weighted by atomic mass is 32.2. The average molecular weight is 487 g/mol. The van der Waals surface area contributed by atoms with E-state index in [9.17, 15) is 13.2 Å². The second-order valence-corrected chi connectivity index (χ2v) is 10.2. The van der Waals surface area contributed by atoms with E-state index in [1.54, 1.807) is 38.2 Å². The number of likely N-dealkylation sites (N-methyl/N-ethyl adjacent to an activating group) is 1. The third-order valence-corrected chi connectivity index (χ3v) is 8.08. The topological polar surface area (TPSA) is 116 Å². The lowest BCUT2D eigenvalue weighted by Crippen LogP contribution is -2.44. The molecule has 182 valence electrons. The lowest BCUT2D eigenvalue weighted by atomic mass is 10.2. The van der Waals surface area contributed by atoms with Crippen molar-refractivity contribution in [3.8, 4) is 0 Å². The van der Waals surface area contributed by atoms with Gasteiger partial charge in [0.05, 0.1) is 16.3 Å². The Labute approximate surface area is 199 Å². The molecule has 0 unspecified atom stereocenters. The fourth-order valence-electron chi connectivity index (χ4n) is 3.99. The Hall–Kier alpha value is -3.09. The van der Waals surface area contributed by atoms with Crippen molar-refractivity contribution in [2.75, 3.05) is 56.5 Å². The van der Waals surface area contributed by atoms with Crippen LogP contribution in [0.5, 0.6) is 0 Å². The number of sulfonamides is 1. The monoisotopic (exact) mass is 486 g/mol. The van der Waals surface area contributed by atoms with Crippen LogP contribution in [0.1, 0.15) is 30.2 Å². The number of nitrogens with one attached hydrogen (secondary N) is 1. The molecule has 0 radical (unpaired) electrons. The number of carbonyl (C=O) groups excluding carboxylic acids is 1. The quantitative estimate of drug-likeness (QED) is 0.534. The number of benzene rings is 1. The molecule has 0 atom stereocenters. The summed E-state index contributed by atoms with van der Waals surface area (Å²) in [5, 5.41) is 7.13. The summed E-state index contributed by atoms with van der Waals surface area (Å²) in [7, 11) is -1.64. The van der Waals surface area contributed by atoms with Crippen LogP contribution in [0.15, 0.2) is 35.4 Å². The number of amides is 1. The van der Waals surface area contributed by atoms with Gasteiger partial charge in [0.2, 0.25) is 15.8 Å². The molecule has 1 aliphatic rings. The summed E-state index contributed by atoms with van der Waals surface area (Å²) in [4.78, 5) is 26.0. The van der Waals surface area contributed by atoms with Crippen LogP contribution in [0.3, 0.4) is 0 Å². The van der Waals surface area contributed by atoms with E-state index in [4.69, 9.17) is 0 Å². The molecule has 34 heavy (non-hydrogen) atoms. The van der Waals surface area contributed by atoms with Crippen LogP contribution in [0.25, 0.3) is 5.78 Å². The molecular weight excluding hydrogens is 456 g/mol. The zero-order valence-corrected chi connectivity index (χ0v) is 20.7. The SMILES string of the molecule is CCN(CC)S(=O)(=O)c1ccc(N2CCN(C)CC2)c(NC(=O)c2nc3nccc(C)n3n2)c1. The Morgan fingerprint density at radius 3 is 2.47 bits per heavy atom. The van der Waals surface area contributed by atoms with Gasteiger partial charge in [0, 0.05) is 51.2 Å². The first-order chi connectivity index (χ1) is 16.2. The predicted octanol–water partition coefficient (Wildman–Crippen LogP) is 1.47. The molecule has 0 spiro atoms. The number of aryl methyl sites for hydroxylation is 1. The van der Waals surface area contributed by atoms with Gasteiger partial charge in [0.25, 0.3) is 11.7 Å². The van der Waals surface area contributed by atoms with Gasteiger partial charge in [-0.3, -0.25) is 4.79 Å². The molecular formula is C22H30N8O3S. The summed E-state index contributed by atoms with van der Waals surface area (Å²) in [6, 6.07) is 6.67. The van der Waals surface area contributed by atoms with Crippen LogP contribution < -0.4 is 10.2 Å². The summed E-state index contributed by atoms with van der Waals surface area (Å²) < 4.78 is 29.2. The third-order valence-electron chi connectivity index (χ3n) is 6.04. The minimum absolute atomic E-state index is 0.0388. The molecule has 3 aromatic rings. The Bertz CT molecular complexity index is 1290. The van der Waals surface area contributed by atoms with E-state index in [2.05, 4.69) is 37.2 Å². The first-order valence-corrected chi connectivity index (χ1v) is 12.8. The van der Waals surface area contributed by atoms with Crippen LogP contribution in [0.2, 0.25) is 0 Å². The van der Waals surface area contributed by atoms with Crippen LogP contribution >= 0.6 is 0 Å². The summed E-state index contributed by atoms with van der Waals surface area (Å²) in [6.07, 6.45) is 1.61. The maximum absolute atomic E-state index is 13.1. The largest absolute Gasteiger partial charge is 0.367 e. The van der Waals surface area contributed by atoms with Gasteiger partial charge in [-0.1, -0.05) is 13.8 Å². The maximum atomic E-state index is 13.1. The molecule has 1 aliphatic heterocycles. The number of hydrogen-bond donors (Lipinski definition) is 1. The molecule has 0 bridgehead atoms. The zero-order chi connectivity index (χ0) is 24.5. The number of nitrogens with zero attached hydrogens (tertiary/aromatic N) is 7. The van der Waals surface area contributed by atoms with Gasteiger partial charge in [-0.05, 0) is 38.2 Å². The Morgan fingerprint density at radius 1 is 1.12 bits per heavy atom. The van der Waals surface area contributed by atoms with Crippen molar-refractivity contribution >= 4 is 33.1 Å². The molecule has 1 N–H and O–H groups in total. The molecule has 3 heterocycles. The van der Waals surface area contributed by atoms with Crippen molar-refractivity contribution < 1.29 is 13.2 Å². The van der Waals surface area contributed by atoms with Gasteiger partial charge in [-0.15, -0.1) is 5.10 Å². The molecule has 4 rings (SSSR count). The molecule has 1 aromatic carbocycles. The van der Waals surface area contributed by atoms with Gasteiger partial charge in [0.1, 0.15) is 0 Å². The maximum Gasteiger partial charge on any atom is 0.295 e. The van der Waals surface area contributed by atoms with Gasteiger partial charge < -0.3 is 15.1 Å². The number of rotatable bonds is 7. The normalized spacial score (nSPS) is 15.3. The van der Waals surface area contributed by atoms with Gasteiger partial charge in [-0.2, -0.15) is 9.29 Å². The van der Waals surface area contributed by atoms with E-state index in [1.807, 2.05) is 6.92 Å². The van der Waals surface area contributed by atoms with Gasteiger partial charge >= 0.3 is 0 Å². The van der Waals surface area contributed by atoms with Gasteiger partial charge in [0.15, 0.2) is 0 Å². The summed E-state index contributed by atoms with van der Waals surface area (Å²) in [5.41, 5.74) is 1.96. The summed E-state index contributed by atoms with van der Waals surface area (Å²) in [5.74, 6) is -0.247. The lowest BCUT2D eigenvalue weighted by molar-refractivity contribution is 0.101. The van der Waals surface area contributed by atoms with Crippen molar-refractivity contribution in [1.82, 2.24) is 28.8 Å². The number of piperazine rings is 1. The van der Waals surface area contributed by atoms with Crippen LogP contribution in [0, 0.1) is 6.92 Å². The number of aromatic nitrogens is 4. The van der Waals surface area contributed by atoms with E-state index < -0.39 is 15.9 Å². The highest BCUT2D eigenvalue weighted by molar-refractivity contribution is 7.89. The summed E-state index contributed by atoms with van der Waals surface area (Å²) >= 11 is 0. The fraction of sp³-hybridized carbons (Fsp3) is 0.455. The van der Waals surface area contributed by atoms with Crippen LogP contribution in [0.4, 0.5) is 11.4 Å². The first-order valence-electron chi connectivity index (χ1n) is 11.3. The average Bonchev–Trinajstić information content (AvgIpc) is 3.26. The van der Waals surface area contributed by atoms with Crippen molar-refractivity contribution in [1.29, 1.82) is 0 Å². The van der Waals surface area contributed by atoms with Crippen molar-refractivity contribution in [3.63, 3.8) is 0 Å². The molecule has 0 aliphatic carbocycles. The number of fused-ring (bicyclic) bond motifs is 1. The van der Waals surface area contributed by atoms with Crippen LogP contribution in [-0.2, 0) is 10.0 Å². The van der Waals surface area contributed by atoms with E-state index in [-0.39, 0.29) is 10.7 Å². The smallest absolute Gasteiger partial charge is 0.295 e. The predicted molar refractivity (Wildman–Crippen MR) is 130 cm³/mol. The number of hydrogen-bond acceptors (Lipinski definition) is 8. The first kappa shape index (κ1) is 24.0. The standard InChI is InChI=1S/C22H30N8O3S/c1-5-29(6-2)34(32,33)17-7-8-19(28-13-11-27(4)12-14-28)18(15-17)24-21(31)20-25-22-23-10-9-16(3)30(22)26-20/h7-10,15H,5-6,11-14H2,1-4H3,(H,24,31). The molecule has 1 saturated heterocycles. The van der Waals surface area contributed by atoms with Gasteiger partial charge in [-0.25, -0.2) is 17.9 Å². The zero-order valence-electron chi connectivity index (χ0n) is 19.9. The minimum atomic E-state index is -3.70. The Balaban J connectivity index is 1.72. The number of anilines is 2. The van der Waals surface area contributed by atoms with Crippen molar-refractivity contribution in [3.05, 3.63) is 42.0 Å². The number of carbonyl (C=O) groups is 1. The second kappa shape index (κ2) is 9.65. The lowest BCUT2D eigenvalue weighted by Gasteiger charge is -2.35. The fourth-order valence-corrected chi connectivity index (χ4v) is 5.48. The molecule has 0 saturated carbocycles. The second-order valence-electron chi connectivity index (χ2n) is 8.25. The highest BCUT2D eigenvalue weighted by Gasteiger charge is 2.26. The molecule has 1 fully saturated rings. The van der Waals surface area contributed by atoms with E-state index in [0.717, 1.165) is 37.6 Å². The van der Waals surface area contributed by atoms with Crippen LogP contribution in [-0.4, -0.2) is 89.4 Å². The minimum Gasteiger partial charge on any atom is -0.367 e. The Morgan fingerprint density at radius 2 is 1.82 bits per heavy atom. The summed E-state index contributed by atoms with van der Waals surface area (Å²) in [6.45, 7) is 9.42.